The van der Waals surface area contributed by atoms with Gasteiger partial charge in [-0.05, 0) is 24.3 Å². The number of amidine groups is 1. The molecule has 0 amide bonds. The number of hydrogen-bond acceptors (Lipinski definition) is 4. The summed E-state index contributed by atoms with van der Waals surface area (Å²) < 4.78 is 1.41. The van der Waals surface area contributed by atoms with Crippen LogP contribution in [0.3, 0.4) is 0 Å². The molecule has 4 heteroatoms. The van der Waals surface area contributed by atoms with Crippen molar-refractivity contribution in [1.29, 1.82) is 0 Å². The van der Waals surface area contributed by atoms with Gasteiger partial charge < -0.3 is 4.90 Å². The zero-order valence-corrected chi connectivity index (χ0v) is 14.1. The summed E-state index contributed by atoms with van der Waals surface area (Å²) in [4.78, 5) is 9.92. The normalized spacial score (nSPS) is 18.1. The first kappa shape index (κ1) is 13.4. The van der Waals surface area contributed by atoms with Gasteiger partial charge in [0.05, 0.1) is 12.2 Å². The van der Waals surface area contributed by atoms with Crippen molar-refractivity contribution in [2.45, 2.75) is 20.8 Å². The van der Waals surface area contributed by atoms with Gasteiger partial charge in [-0.3, -0.25) is 4.99 Å². The first-order valence-electron chi connectivity index (χ1n) is 7.38. The summed E-state index contributed by atoms with van der Waals surface area (Å²) >= 11 is 3.77. The summed E-state index contributed by atoms with van der Waals surface area (Å²) in [5.41, 5.74) is 2.78. The molecule has 2 aromatic rings. The average molecular weight is 314 g/mol. The Labute approximate surface area is 133 Å². The van der Waals surface area contributed by atoms with E-state index in [-0.39, 0.29) is 0 Å². The van der Waals surface area contributed by atoms with Gasteiger partial charge in [0, 0.05) is 26.6 Å². The largest absolute Gasteiger partial charge is 0.318 e. The van der Waals surface area contributed by atoms with Crippen molar-refractivity contribution < 1.29 is 0 Å². The van der Waals surface area contributed by atoms with E-state index in [4.69, 9.17) is 0 Å². The summed E-state index contributed by atoms with van der Waals surface area (Å²) in [6.45, 7) is 8.71. The first-order valence-corrected chi connectivity index (χ1v) is 9.02. The second kappa shape index (κ2) is 4.89. The van der Waals surface area contributed by atoms with Crippen molar-refractivity contribution in [3.63, 3.8) is 0 Å². The third-order valence-corrected chi connectivity index (χ3v) is 6.47. The van der Waals surface area contributed by atoms with Crippen molar-refractivity contribution in [3.8, 4) is 0 Å². The van der Waals surface area contributed by atoms with Gasteiger partial charge in [-0.1, -0.05) is 43.8 Å². The molecule has 108 valence electrons. The minimum atomic E-state index is 0.537. The highest BCUT2D eigenvalue weighted by molar-refractivity contribution is 8.17. The lowest BCUT2D eigenvalue weighted by Gasteiger charge is -2.19. The minimum absolute atomic E-state index is 0.537. The second-order valence-electron chi connectivity index (χ2n) is 5.87. The van der Waals surface area contributed by atoms with Crippen LogP contribution in [-0.4, -0.2) is 23.2 Å². The average Bonchev–Trinajstić information content (AvgIpc) is 3.08. The number of rotatable bonds is 2. The van der Waals surface area contributed by atoms with Gasteiger partial charge in [0.15, 0.2) is 5.17 Å². The number of thiophene rings is 1. The highest BCUT2D eigenvalue weighted by Crippen LogP contribution is 2.47. The number of nitrogens with zero attached hydrogens (tertiary/aromatic N) is 2. The van der Waals surface area contributed by atoms with Crippen LogP contribution in [-0.2, 0) is 0 Å². The molecule has 4 rings (SSSR count). The zero-order valence-electron chi connectivity index (χ0n) is 12.5. The van der Waals surface area contributed by atoms with Crippen LogP contribution in [0.2, 0.25) is 0 Å². The number of thioether (sulfide) groups is 1. The van der Waals surface area contributed by atoms with Gasteiger partial charge >= 0.3 is 0 Å². The summed E-state index contributed by atoms with van der Waals surface area (Å²) in [5, 5.41) is 2.55. The van der Waals surface area contributed by atoms with Gasteiger partial charge in [0.1, 0.15) is 0 Å². The van der Waals surface area contributed by atoms with Crippen molar-refractivity contribution in [1.82, 2.24) is 4.90 Å². The maximum absolute atomic E-state index is 4.66. The zero-order chi connectivity index (χ0) is 14.6. The van der Waals surface area contributed by atoms with E-state index in [0.717, 1.165) is 13.1 Å². The molecular formula is C17H18N2S2. The van der Waals surface area contributed by atoms with Crippen molar-refractivity contribution in [2.24, 2.45) is 10.9 Å². The molecule has 0 atom stereocenters. The van der Waals surface area contributed by atoms with Crippen molar-refractivity contribution in [3.05, 3.63) is 39.6 Å². The Morgan fingerprint density at radius 3 is 2.95 bits per heavy atom. The molecule has 1 aromatic heterocycles. The quantitative estimate of drug-likeness (QED) is 0.779. The van der Waals surface area contributed by atoms with Crippen LogP contribution in [0.25, 0.3) is 15.8 Å². The molecule has 3 heterocycles. The highest BCUT2D eigenvalue weighted by Gasteiger charge is 2.34. The summed E-state index contributed by atoms with van der Waals surface area (Å²) in [5.74, 6) is 0.537. The van der Waals surface area contributed by atoms with E-state index in [9.17, 15) is 0 Å². The van der Waals surface area contributed by atoms with Crippen LogP contribution in [0.4, 0.5) is 0 Å². The molecule has 0 radical (unpaired) electrons. The third-order valence-electron chi connectivity index (χ3n) is 3.95. The third kappa shape index (κ3) is 2.04. The molecule has 1 aromatic carbocycles. The lowest BCUT2D eigenvalue weighted by atomic mass is 10.0. The second-order valence-corrected chi connectivity index (χ2v) is 8.13. The fraction of sp³-hybridized carbons (Fsp3) is 0.353. The maximum Gasteiger partial charge on any atom is 0.168 e. The lowest BCUT2D eigenvalue weighted by Crippen LogP contribution is -2.20. The fourth-order valence-electron chi connectivity index (χ4n) is 3.05. The van der Waals surface area contributed by atoms with E-state index >= 15 is 0 Å². The molecule has 21 heavy (non-hydrogen) atoms. The topological polar surface area (TPSA) is 15.6 Å². The van der Waals surface area contributed by atoms with Crippen LogP contribution >= 0.6 is 23.1 Å². The van der Waals surface area contributed by atoms with Gasteiger partial charge in [-0.25, -0.2) is 0 Å². The molecule has 0 unspecified atom stereocenters. The Hall–Kier alpha value is -1.26. The predicted molar refractivity (Wildman–Crippen MR) is 94.9 cm³/mol. The number of benzene rings is 1. The number of fused-ring (bicyclic) bond motifs is 2. The molecular weight excluding hydrogens is 296 g/mol. The summed E-state index contributed by atoms with van der Waals surface area (Å²) in [6, 6.07) is 8.97. The van der Waals surface area contributed by atoms with Gasteiger partial charge in [-0.2, -0.15) is 0 Å². The molecule has 0 saturated carbocycles. The van der Waals surface area contributed by atoms with Crippen LogP contribution in [0.1, 0.15) is 24.3 Å². The summed E-state index contributed by atoms with van der Waals surface area (Å²) in [7, 11) is 0. The monoisotopic (exact) mass is 314 g/mol. The Morgan fingerprint density at radius 1 is 1.29 bits per heavy atom. The van der Waals surface area contributed by atoms with Crippen LogP contribution in [0, 0.1) is 12.8 Å². The molecule has 0 N–H and O–H groups in total. The van der Waals surface area contributed by atoms with Crippen molar-refractivity contribution >= 4 is 44.0 Å². The Bertz CT molecular complexity index is 783. The van der Waals surface area contributed by atoms with Gasteiger partial charge in [-0.15, -0.1) is 11.3 Å². The van der Waals surface area contributed by atoms with Crippen LogP contribution in [0.5, 0.6) is 0 Å². The van der Waals surface area contributed by atoms with E-state index in [1.807, 2.05) is 23.1 Å². The maximum atomic E-state index is 4.66. The molecule has 0 bridgehead atoms. The lowest BCUT2D eigenvalue weighted by molar-refractivity contribution is 0.641. The number of allylic oxidation sites excluding steroid dienone is 1. The molecule has 0 aliphatic carbocycles. The number of aryl methyl sites for hydroxylation is 1. The Morgan fingerprint density at radius 2 is 2.14 bits per heavy atom. The highest BCUT2D eigenvalue weighted by atomic mass is 32.2. The number of aliphatic imine (C=N–C) groups is 1. The Kier molecular flexibility index (Phi) is 3.12. The molecule has 2 aliphatic heterocycles. The molecule has 0 saturated heterocycles. The van der Waals surface area contributed by atoms with Crippen LogP contribution in [0.15, 0.2) is 34.2 Å². The fourth-order valence-corrected chi connectivity index (χ4v) is 5.27. The molecule has 0 fully saturated rings. The number of hydrogen-bond donors (Lipinski definition) is 0. The van der Waals surface area contributed by atoms with E-state index in [2.05, 4.69) is 54.9 Å². The Balaban J connectivity index is 1.96. The van der Waals surface area contributed by atoms with E-state index < -0.39 is 0 Å². The van der Waals surface area contributed by atoms with Crippen LogP contribution < -0.4 is 0 Å². The first-order chi connectivity index (χ1) is 10.1. The van der Waals surface area contributed by atoms with Gasteiger partial charge in [0.25, 0.3) is 0 Å². The smallest absolute Gasteiger partial charge is 0.168 e. The SMILES string of the molecule is Cc1cc2cccc(C3=C(C(C)C)SC4=NCCN43)c2s1. The molecule has 0 spiro atoms. The predicted octanol–water partition coefficient (Wildman–Crippen LogP) is 4.95. The standard InChI is InChI=1S/C17H18N2S2/c1-10(2)15-14(19-8-7-18-17(19)21-15)13-6-4-5-12-9-11(3)20-16(12)13/h4-6,9-10H,7-8H2,1-3H3. The van der Waals surface area contributed by atoms with Crippen molar-refractivity contribution in [2.75, 3.05) is 13.1 Å². The molecule has 2 aliphatic rings. The van der Waals surface area contributed by atoms with E-state index in [1.165, 1.54) is 36.3 Å². The molecule has 2 nitrogen and oxygen atoms in total. The van der Waals surface area contributed by atoms with E-state index in [0.29, 0.717) is 5.92 Å². The minimum Gasteiger partial charge on any atom is -0.318 e. The van der Waals surface area contributed by atoms with Gasteiger partial charge in [0.2, 0.25) is 0 Å². The van der Waals surface area contributed by atoms with E-state index in [1.54, 1.807) is 0 Å². The summed E-state index contributed by atoms with van der Waals surface area (Å²) in [6.07, 6.45) is 0.